The summed E-state index contributed by atoms with van der Waals surface area (Å²) in [6.07, 6.45) is 0. The maximum absolute atomic E-state index is 12.8. The van der Waals surface area contributed by atoms with E-state index >= 15 is 0 Å². The summed E-state index contributed by atoms with van der Waals surface area (Å²) in [5, 5.41) is 12.2. The highest BCUT2D eigenvalue weighted by molar-refractivity contribution is 5.79. The summed E-state index contributed by atoms with van der Waals surface area (Å²) in [6, 6.07) is 5.97. The third-order valence-corrected chi connectivity index (χ3v) is 2.86. The molecule has 0 radical (unpaired) electrons. The smallest absolute Gasteiger partial charge is 0.325 e. The molecule has 0 saturated heterocycles. The van der Waals surface area contributed by atoms with E-state index in [4.69, 9.17) is 0 Å². The number of hydrogen-bond acceptors (Lipinski definition) is 3. The molecule has 0 aliphatic rings. The zero-order valence-corrected chi connectivity index (χ0v) is 10.9. The van der Waals surface area contributed by atoms with Crippen LogP contribution in [0.4, 0.5) is 10.1 Å². The molecule has 0 aliphatic carbocycles. The van der Waals surface area contributed by atoms with E-state index in [9.17, 15) is 14.3 Å². The number of anilines is 1. The SMILES string of the molecule is CCNC(C)(CN(C)c1ccc(F)cc1)C(=O)O. The quantitative estimate of drug-likeness (QED) is 0.811. The number of rotatable bonds is 6. The highest BCUT2D eigenvalue weighted by atomic mass is 19.1. The van der Waals surface area contributed by atoms with Crippen LogP contribution in [0, 0.1) is 5.82 Å². The Labute approximate surface area is 106 Å². The van der Waals surface area contributed by atoms with Crippen LogP contribution in [0.5, 0.6) is 0 Å². The fraction of sp³-hybridized carbons (Fsp3) is 0.462. The van der Waals surface area contributed by atoms with E-state index in [0.717, 1.165) is 5.69 Å². The van der Waals surface area contributed by atoms with Gasteiger partial charge < -0.3 is 15.3 Å². The van der Waals surface area contributed by atoms with Crippen molar-refractivity contribution in [2.24, 2.45) is 0 Å². The first-order valence-electron chi connectivity index (χ1n) is 5.84. The number of hydrogen-bond donors (Lipinski definition) is 2. The van der Waals surface area contributed by atoms with Gasteiger partial charge in [-0.1, -0.05) is 6.92 Å². The molecule has 100 valence electrons. The Balaban J connectivity index is 2.81. The van der Waals surface area contributed by atoms with Crippen LogP contribution in [0.1, 0.15) is 13.8 Å². The molecule has 0 amide bonds. The number of halogens is 1. The van der Waals surface area contributed by atoms with Gasteiger partial charge in [-0.05, 0) is 37.7 Å². The number of aliphatic carboxylic acids is 1. The lowest BCUT2D eigenvalue weighted by molar-refractivity contribution is -0.143. The lowest BCUT2D eigenvalue weighted by Crippen LogP contribution is -2.56. The monoisotopic (exact) mass is 254 g/mol. The Morgan fingerprint density at radius 1 is 1.44 bits per heavy atom. The van der Waals surface area contributed by atoms with Gasteiger partial charge in [0, 0.05) is 19.3 Å². The van der Waals surface area contributed by atoms with Gasteiger partial charge in [0.25, 0.3) is 0 Å². The first-order chi connectivity index (χ1) is 8.39. The van der Waals surface area contributed by atoms with Gasteiger partial charge in [0.15, 0.2) is 0 Å². The first-order valence-corrected chi connectivity index (χ1v) is 5.84. The van der Waals surface area contributed by atoms with Crippen molar-refractivity contribution in [3.05, 3.63) is 30.1 Å². The molecule has 0 spiro atoms. The Morgan fingerprint density at radius 3 is 2.44 bits per heavy atom. The number of carboxylic acids is 1. The van der Waals surface area contributed by atoms with Gasteiger partial charge in [0.2, 0.25) is 0 Å². The fourth-order valence-electron chi connectivity index (χ4n) is 1.85. The van der Waals surface area contributed by atoms with E-state index < -0.39 is 11.5 Å². The summed E-state index contributed by atoms with van der Waals surface area (Å²) >= 11 is 0. The molecule has 4 nitrogen and oxygen atoms in total. The molecule has 0 aromatic heterocycles. The summed E-state index contributed by atoms with van der Waals surface area (Å²) in [7, 11) is 1.78. The van der Waals surface area contributed by atoms with Gasteiger partial charge in [-0.25, -0.2) is 4.39 Å². The third kappa shape index (κ3) is 3.43. The van der Waals surface area contributed by atoms with E-state index in [1.54, 1.807) is 31.0 Å². The van der Waals surface area contributed by atoms with Crippen molar-refractivity contribution in [1.29, 1.82) is 0 Å². The molecule has 18 heavy (non-hydrogen) atoms. The molecule has 1 aromatic rings. The average molecular weight is 254 g/mol. The highest BCUT2D eigenvalue weighted by Crippen LogP contribution is 2.16. The topological polar surface area (TPSA) is 52.6 Å². The number of carboxylic acid groups (broad SMARTS) is 1. The average Bonchev–Trinajstić information content (AvgIpc) is 2.29. The fourth-order valence-corrected chi connectivity index (χ4v) is 1.85. The molecule has 1 aromatic carbocycles. The van der Waals surface area contributed by atoms with Crippen molar-refractivity contribution in [2.75, 3.05) is 25.0 Å². The zero-order chi connectivity index (χ0) is 13.8. The van der Waals surface area contributed by atoms with Crippen molar-refractivity contribution in [3.8, 4) is 0 Å². The molecule has 0 saturated carbocycles. The summed E-state index contributed by atoms with van der Waals surface area (Å²) in [5.74, 6) is -1.21. The molecule has 1 rings (SSSR count). The highest BCUT2D eigenvalue weighted by Gasteiger charge is 2.33. The summed E-state index contributed by atoms with van der Waals surface area (Å²) < 4.78 is 12.8. The van der Waals surface area contributed by atoms with Crippen LogP contribution in [0.15, 0.2) is 24.3 Å². The Bertz CT molecular complexity index is 408. The predicted octanol–water partition coefficient (Wildman–Crippen LogP) is 1.71. The van der Waals surface area contributed by atoms with Gasteiger partial charge in [-0.2, -0.15) is 0 Å². The van der Waals surface area contributed by atoms with Crippen LogP contribution in [-0.2, 0) is 4.79 Å². The van der Waals surface area contributed by atoms with Crippen molar-refractivity contribution < 1.29 is 14.3 Å². The van der Waals surface area contributed by atoms with Gasteiger partial charge in [0.05, 0.1) is 0 Å². The Morgan fingerprint density at radius 2 is 2.00 bits per heavy atom. The molecule has 0 heterocycles. The van der Waals surface area contributed by atoms with Gasteiger partial charge >= 0.3 is 5.97 Å². The lowest BCUT2D eigenvalue weighted by Gasteiger charge is -2.32. The van der Waals surface area contributed by atoms with E-state index in [1.165, 1.54) is 12.1 Å². The van der Waals surface area contributed by atoms with Crippen LogP contribution in [0.25, 0.3) is 0 Å². The molecule has 1 unspecified atom stereocenters. The zero-order valence-electron chi connectivity index (χ0n) is 10.9. The lowest BCUT2D eigenvalue weighted by atomic mass is 10.0. The minimum Gasteiger partial charge on any atom is -0.480 e. The van der Waals surface area contributed by atoms with Crippen LogP contribution in [0.3, 0.4) is 0 Å². The number of carbonyl (C=O) groups is 1. The second-order valence-electron chi connectivity index (χ2n) is 4.50. The molecular formula is C13H19FN2O2. The number of benzene rings is 1. The van der Waals surface area contributed by atoms with Crippen molar-refractivity contribution in [2.45, 2.75) is 19.4 Å². The standard InChI is InChI=1S/C13H19FN2O2/c1-4-15-13(2,12(17)18)9-16(3)11-7-5-10(14)6-8-11/h5-8,15H,4,9H2,1-3H3,(H,17,18). The molecule has 1 atom stereocenters. The van der Waals surface area contributed by atoms with Crippen LogP contribution in [0.2, 0.25) is 0 Å². The normalized spacial score (nSPS) is 14.0. The van der Waals surface area contributed by atoms with Crippen molar-refractivity contribution in [3.63, 3.8) is 0 Å². The second-order valence-corrected chi connectivity index (χ2v) is 4.50. The largest absolute Gasteiger partial charge is 0.480 e. The Hall–Kier alpha value is -1.62. The van der Waals surface area contributed by atoms with Crippen molar-refractivity contribution >= 4 is 11.7 Å². The molecule has 0 bridgehead atoms. The number of nitrogens with one attached hydrogen (secondary N) is 1. The minimum atomic E-state index is -1.03. The predicted molar refractivity (Wildman–Crippen MR) is 69.4 cm³/mol. The summed E-state index contributed by atoms with van der Waals surface area (Å²) in [5.41, 5.74) is -0.250. The minimum absolute atomic E-state index is 0.293. The molecule has 0 fully saturated rings. The first kappa shape index (κ1) is 14.4. The van der Waals surface area contributed by atoms with E-state index in [1.807, 2.05) is 6.92 Å². The maximum Gasteiger partial charge on any atom is 0.325 e. The van der Waals surface area contributed by atoms with Gasteiger partial charge in [-0.3, -0.25) is 4.79 Å². The van der Waals surface area contributed by atoms with Crippen molar-refractivity contribution in [1.82, 2.24) is 5.32 Å². The molecular weight excluding hydrogens is 235 g/mol. The Kier molecular flexibility index (Phi) is 4.67. The van der Waals surface area contributed by atoms with Crippen LogP contribution >= 0.6 is 0 Å². The maximum atomic E-state index is 12.8. The van der Waals surface area contributed by atoms with Gasteiger partial charge in [0.1, 0.15) is 11.4 Å². The molecule has 5 heteroatoms. The molecule has 2 N–H and O–H groups in total. The van der Waals surface area contributed by atoms with Crippen LogP contribution < -0.4 is 10.2 Å². The number of nitrogens with zero attached hydrogens (tertiary/aromatic N) is 1. The van der Waals surface area contributed by atoms with E-state index in [0.29, 0.717) is 13.1 Å². The van der Waals surface area contributed by atoms with E-state index in [-0.39, 0.29) is 5.82 Å². The summed E-state index contributed by atoms with van der Waals surface area (Å²) in [4.78, 5) is 13.1. The van der Waals surface area contributed by atoms with Crippen LogP contribution in [-0.4, -0.2) is 36.8 Å². The third-order valence-electron chi connectivity index (χ3n) is 2.86. The second kappa shape index (κ2) is 5.82. The molecule has 0 aliphatic heterocycles. The van der Waals surface area contributed by atoms with Gasteiger partial charge in [-0.15, -0.1) is 0 Å². The van der Waals surface area contributed by atoms with E-state index in [2.05, 4.69) is 5.32 Å². The number of likely N-dealkylation sites (N-methyl/N-ethyl adjacent to an activating group) is 2. The summed E-state index contributed by atoms with van der Waals surface area (Å²) in [6.45, 7) is 4.36.